The summed E-state index contributed by atoms with van der Waals surface area (Å²) in [5.74, 6) is -0.0817. The lowest BCUT2D eigenvalue weighted by molar-refractivity contribution is -0.143. The van der Waals surface area contributed by atoms with E-state index in [0.29, 0.717) is 11.8 Å². The van der Waals surface area contributed by atoms with Gasteiger partial charge in [-0.1, -0.05) is 12.8 Å². The van der Waals surface area contributed by atoms with Crippen LogP contribution >= 0.6 is 0 Å². The molecule has 0 atom stereocenters. The zero-order chi connectivity index (χ0) is 12.4. The fourth-order valence-corrected chi connectivity index (χ4v) is 3.75. The van der Waals surface area contributed by atoms with Crippen molar-refractivity contribution < 1.29 is 9.53 Å². The maximum absolute atomic E-state index is 11.5. The van der Waals surface area contributed by atoms with Crippen molar-refractivity contribution in [3.63, 3.8) is 0 Å². The highest BCUT2D eigenvalue weighted by Crippen LogP contribution is 2.51. The molecule has 2 rings (SSSR count). The molecule has 0 unspecified atom stereocenters. The van der Waals surface area contributed by atoms with Crippen molar-refractivity contribution >= 4 is 5.97 Å². The third-order valence-corrected chi connectivity index (χ3v) is 5.17. The van der Waals surface area contributed by atoms with E-state index in [1.54, 1.807) is 0 Å². The van der Waals surface area contributed by atoms with Gasteiger partial charge in [-0.25, -0.2) is 0 Å². The number of carbonyl (C=O) groups excluding carboxylic acids is 1. The molecule has 2 fully saturated rings. The molecule has 0 saturated heterocycles. The topological polar surface area (TPSA) is 38.3 Å². The van der Waals surface area contributed by atoms with Crippen LogP contribution in [0.4, 0.5) is 0 Å². The lowest BCUT2D eigenvalue weighted by atomic mass is 9.65. The molecule has 2 aliphatic rings. The first-order chi connectivity index (χ1) is 8.14. The van der Waals surface area contributed by atoms with Gasteiger partial charge in [0.2, 0.25) is 0 Å². The van der Waals surface area contributed by atoms with Gasteiger partial charge in [0.25, 0.3) is 0 Å². The molecule has 0 aromatic rings. The summed E-state index contributed by atoms with van der Waals surface area (Å²) in [5, 5.41) is 3.39. The van der Waals surface area contributed by atoms with Gasteiger partial charge in [-0.3, -0.25) is 4.79 Å². The normalized spacial score (nSPS) is 26.0. The Kier molecular flexibility index (Phi) is 3.76. The fourth-order valence-electron chi connectivity index (χ4n) is 3.75. The minimum Gasteiger partial charge on any atom is -0.469 e. The van der Waals surface area contributed by atoms with Gasteiger partial charge in [-0.05, 0) is 51.0 Å². The van der Waals surface area contributed by atoms with Gasteiger partial charge in [0.05, 0.1) is 13.5 Å². The molecule has 98 valence electrons. The lowest BCUT2D eigenvalue weighted by Crippen LogP contribution is -2.49. The molecule has 1 N–H and O–H groups in total. The van der Waals surface area contributed by atoms with Crippen LogP contribution in [0, 0.1) is 5.41 Å². The number of hydrogen-bond donors (Lipinski definition) is 1. The molecule has 0 aromatic heterocycles. The van der Waals surface area contributed by atoms with Crippen LogP contribution in [0.2, 0.25) is 0 Å². The van der Waals surface area contributed by atoms with E-state index in [2.05, 4.69) is 5.32 Å². The summed E-state index contributed by atoms with van der Waals surface area (Å²) in [5.41, 5.74) is 0.622. The lowest BCUT2D eigenvalue weighted by Gasteiger charge is -2.44. The highest BCUT2D eigenvalue weighted by Gasteiger charge is 2.44. The Labute approximate surface area is 104 Å². The molecule has 0 aliphatic heterocycles. The Hall–Kier alpha value is -0.570. The largest absolute Gasteiger partial charge is 0.469 e. The zero-order valence-electron chi connectivity index (χ0n) is 11.2. The molecular weight excluding hydrogens is 214 g/mol. The van der Waals surface area contributed by atoms with Crippen LogP contribution in [0.25, 0.3) is 0 Å². The van der Waals surface area contributed by atoms with Gasteiger partial charge < -0.3 is 10.1 Å². The van der Waals surface area contributed by atoms with Crippen LogP contribution < -0.4 is 5.32 Å². The SMILES string of the molecule is CNC1(CC(=O)OC)CCC2(CCCC2)CC1. The Morgan fingerprint density at radius 1 is 1.12 bits per heavy atom. The predicted octanol–water partition coefficient (Wildman–Crippen LogP) is 2.64. The van der Waals surface area contributed by atoms with Crippen molar-refractivity contribution in [2.45, 2.75) is 63.3 Å². The molecule has 0 heterocycles. The standard InChI is InChI=1S/C14H25NO2/c1-15-14(11-12(16)17-2)9-7-13(8-10-14)5-3-4-6-13/h15H,3-11H2,1-2H3. The molecule has 3 nitrogen and oxygen atoms in total. The summed E-state index contributed by atoms with van der Waals surface area (Å²) >= 11 is 0. The summed E-state index contributed by atoms with van der Waals surface area (Å²) < 4.78 is 4.82. The molecule has 0 bridgehead atoms. The van der Waals surface area contributed by atoms with Gasteiger partial charge in [-0.15, -0.1) is 0 Å². The van der Waals surface area contributed by atoms with E-state index >= 15 is 0 Å². The van der Waals surface area contributed by atoms with Crippen molar-refractivity contribution in [3.8, 4) is 0 Å². The summed E-state index contributed by atoms with van der Waals surface area (Å²) in [6, 6.07) is 0. The second-order valence-corrected chi connectivity index (χ2v) is 5.99. The quantitative estimate of drug-likeness (QED) is 0.769. The fraction of sp³-hybridized carbons (Fsp3) is 0.929. The van der Waals surface area contributed by atoms with Gasteiger partial charge in [0.15, 0.2) is 0 Å². The summed E-state index contributed by atoms with van der Waals surface area (Å²) in [4.78, 5) is 11.5. The molecule has 2 aliphatic carbocycles. The Balaban J connectivity index is 1.96. The average molecular weight is 239 g/mol. The van der Waals surface area contributed by atoms with Crippen molar-refractivity contribution in [1.29, 1.82) is 0 Å². The molecule has 0 amide bonds. The Bertz CT molecular complexity index is 272. The van der Waals surface area contributed by atoms with Gasteiger partial charge in [0.1, 0.15) is 0 Å². The molecule has 0 aromatic carbocycles. The minimum atomic E-state index is -0.0817. The van der Waals surface area contributed by atoms with E-state index < -0.39 is 0 Å². The first kappa shape index (κ1) is 12.9. The third-order valence-electron chi connectivity index (χ3n) is 5.17. The molecule has 0 radical (unpaired) electrons. The third kappa shape index (κ3) is 2.65. The Morgan fingerprint density at radius 2 is 1.71 bits per heavy atom. The minimum absolute atomic E-state index is 0.000926. The van der Waals surface area contributed by atoms with Crippen LogP contribution in [0.1, 0.15) is 57.8 Å². The molecule has 1 spiro atoms. The number of hydrogen-bond acceptors (Lipinski definition) is 3. The monoisotopic (exact) mass is 239 g/mol. The van der Waals surface area contributed by atoms with Crippen LogP contribution in [0.3, 0.4) is 0 Å². The number of nitrogens with one attached hydrogen (secondary N) is 1. The van der Waals surface area contributed by atoms with E-state index in [9.17, 15) is 4.79 Å². The van der Waals surface area contributed by atoms with Gasteiger partial charge in [0, 0.05) is 5.54 Å². The van der Waals surface area contributed by atoms with Crippen LogP contribution in [0.15, 0.2) is 0 Å². The van der Waals surface area contributed by atoms with Crippen molar-refractivity contribution in [2.75, 3.05) is 14.2 Å². The number of esters is 1. The predicted molar refractivity (Wildman–Crippen MR) is 67.8 cm³/mol. The first-order valence-corrected chi connectivity index (χ1v) is 6.89. The van der Waals surface area contributed by atoms with Crippen molar-refractivity contribution in [3.05, 3.63) is 0 Å². The number of rotatable bonds is 3. The van der Waals surface area contributed by atoms with Crippen molar-refractivity contribution in [2.24, 2.45) is 5.41 Å². The summed E-state index contributed by atoms with van der Waals surface area (Å²) in [6.07, 6.45) is 11.0. The maximum Gasteiger partial charge on any atom is 0.307 e. The number of ether oxygens (including phenoxy) is 1. The van der Waals surface area contributed by atoms with E-state index in [-0.39, 0.29) is 11.5 Å². The Morgan fingerprint density at radius 3 is 2.18 bits per heavy atom. The first-order valence-electron chi connectivity index (χ1n) is 6.89. The molecule has 17 heavy (non-hydrogen) atoms. The second kappa shape index (κ2) is 4.97. The van der Waals surface area contributed by atoms with Gasteiger partial charge in [-0.2, -0.15) is 0 Å². The number of methoxy groups -OCH3 is 1. The number of carbonyl (C=O) groups is 1. The zero-order valence-corrected chi connectivity index (χ0v) is 11.2. The average Bonchev–Trinajstić information content (AvgIpc) is 2.81. The molecule has 3 heteroatoms. The van der Waals surface area contributed by atoms with E-state index in [4.69, 9.17) is 4.74 Å². The van der Waals surface area contributed by atoms with Crippen molar-refractivity contribution in [1.82, 2.24) is 5.32 Å². The highest BCUT2D eigenvalue weighted by molar-refractivity contribution is 5.70. The smallest absolute Gasteiger partial charge is 0.307 e. The van der Waals surface area contributed by atoms with E-state index in [1.165, 1.54) is 45.6 Å². The van der Waals surface area contributed by atoms with E-state index in [1.807, 2.05) is 7.05 Å². The van der Waals surface area contributed by atoms with Gasteiger partial charge >= 0.3 is 5.97 Å². The second-order valence-electron chi connectivity index (χ2n) is 5.99. The van der Waals surface area contributed by atoms with Crippen LogP contribution in [-0.4, -0.2) is 25.7 Å². The summed E-state index contributed by atoms with van der Waals surface area (Å²) in [6.45, 7) is 0. The molecule has 2 saturated carbocycles. The van der Waals surface area contributed by atoms with Crippen LogP contribution in [0.5, 0.6) is 0 Å². The maximum atomic E-state index is 11.5. The summed E-state index contributed by atoms with van der Waals surface area (Å²) in [7, 11) is 3.46. The van der Waals surface area contributed by atoms with E-state index in [0.717, 1.165) is 12.8 Å². The molecular formula is C14H25NO2. The van der Waals surface area contributed by atoms with Crippen LogP contribution in [-0.2, 0) is 9.53 Å². The highest BCUT2D eigenvalue weighted by atomic mass is 16.5.